The van der Waals surface area contributed by atoms with Gasteiger partial charge >= 0.3 is 0 Å². The number of amides is 1. The Morgan fingerprint density at radius 3 is 2.62 bits per heavy atom. The summed E-state index contributed by atoms with van der Waals surface area (Å²) >= 11 is 7.19. The first kappa shape index (κ1) is 18.1. The molecule has 2 aromatic rings. The number of ether oxygens (including phenoxy) is 1. The quantitative estimate of drug-likeness (QED) is 0.349. The summed E-state index contributed by atoms with van der Waals surface area (Å²) < 4.78 is 5.46. The number of nitro groups is 1. The molecular formula is C16H15ClN2O4S. The molecule has 0 aromatic heterocycles. The summed E-state index contributed by atoms with van der Waals surface area (Å²) in [5.41, 5.74) is -0.178. The van der Waals surface area contributed by atoms with Gasteiger partial charge in [0, 0.05) is 16.0 Å². The molecular weight excluding hydrogens is 352 g/mol. The van der Waals surface area contributed by atoms with E-state index < -0.39 is 10.8 Å². The van der Waals surface area contributed by atoms with Crippen molar-refractivity contribution < 1.29 is 14.5 Å². The predicted octanol–water partition coefficient (Wildman–Crippen LogP) is 3.78. The number of carbonyl (C=O) groups excluding carboxylic acids is 1. The van der Waals surface area contributed by atoms with E-state index in [-0.39, 0.29) is 24.4 Å². The van der Waals surface area contributed by atoms with Crippen molar-refractivity contribution in [1.29, 1.82) is 0 Å². The fourth-order valence-electron chi connectivity index (χ4n) is 1.94. The lowest BCUT2D eigenvalue weighted by Gasteiger charge is -2.09. The van der Waals surface area contributed by atoms with Crippen molar-refractivity contribution in [3.8, 4) is 5.75 Å². The molecule has 0 saturated heterocycles. The number of hydrogen-bond acceptors (Lipinski definition) is 5. The highest BCUT2D eigenvalue weighted by atomic mass is 35.5. The topological polar surface area (TPSA) is 81.5 Å². The highest BCUT2D eigenvalue weighted by Gasteiger charge is 2.20. The van der Waals surface area contributed by atoms with Crippen molar-refractivity contribution in [2.24, 2.45) is 0 Å². The van der Waals surface area contributed by atoms with Crippen molar-refractivity contribution in [2.75, 3.05) is 19.4 Å². The number of carbonyl (C=O) groups is 1. The fraction of sp³-hybridized carbons (Fsp3) is 0.188. The van der Waals surface area contributed by atoms with Crippen LogP contribution in [-0.4, -0.2) is 30.2 Å². The summed E-state index contributed by atoms with van der Waals surface area (Å²) in [4.78, 5) is 23.5. The first-order valence-corrected chi connectivity index (χ1v) is 8.60. The lowest BCUT2D eigenvalue weighted by Crippen LogP contribution is -2.28. The molecule has 0 aliphatic carbocycles. The molecule has 1 N–H and O–H groups in total. The average molecular weight is 367 g/mol. The Morgan fingerprint density at radius 1 is 1.29 bits per heavy atom. The van der Waals surface area contributed by atoms with E-state index in [0.717, 1.165) is 4.90 Å². The minimum atomic E-state index is -0.566. The molecule has 24 heavy (non-hydrogen) atoms. The van der Waals surface area contributed by atoms with Crippen LogP contribution in [0.4, 0.5) is 5.69 Å². The van der Waals surface area contributed by atoms with Gasteiger partial charge in [0.2, 0.25) is 0 Å². The zero-order chi connectivity index (χ0) is 17.5. The molecule has 126 valence electrons. The largest absolute Gasteiger partial charge is 0.492 e. The molecule has 0 unspecified atom stereocenters. The molecule has 8 heteroatoms. The van der Waals surface area contributed by atoms with E-state index >= 15 is 0 Å². The van der Waals surface area contributed by atoms with E-state index in [0.29, 0.717) is 10.8 Å². The minimum absolute atomic E-state index is 0.0401. The number of halogens is 1. The summed E-state index contributed by atoms with van der Waals surface area (Å²) in [6, 6.07) is 11.3. The van der Waals surface area contributed by atoms with Gasteiger partial charge in [-0.05, 0) is 42.7 Å². The van der Waals surface area contributed by atoms with Crippen molar-refractivity contribution >= 4 is 35.0 Å². The number of nitrogens with one attached hydrogen (secondary N) is 1. The van der Waals surface area contributed by atoms with Crippen LogP contribution in [0.25, 0.3) is 0 Å². The molecule has 0 saturated carbocycles. The van der Waals surface area contributed by atoms with Crippen molar-refractivity contribution in [1.82, 2.24) is 5.32 Å². The van der Waals surface area contributed by atoms with Crippen molar-refractivity contribution in [2.45, 2.75) is 4.90 Å². The zero-order valence-corrected chi connectivity index (χ0v) is 14.4. The standard InChI is InChI=1S/C16H15ClN2O4S/c1-24-13-6-7-15(19(21)22)14(10-13)16(20)18-8-9-23-12-4-2-11(17)3-5-12/h2-7,10H,8-9H2,1H3,(H,18,20). The molecule has 0 aliphatic heterocycles. The number of rotatable bonds is 7. The summed E-state index contributed by atoms with van der Waals surface area (Å²) in [6.45, 7) is 0.464. The van der Waals surface area contributed by atoms with E-state index in [4.69, 9.17) is 16.3 Å². The number of nitro benzene ring substituents is 1. The van der Waals surface area contributed by atoms with Crippen molar-refractivity contribution in [3.63, 3.8) is 0 Å². The third-order valence-electron chi connectivity index (χ3n) is 3.12. The third kappa shape index (κ3) is 4.87. The van der Waals surface area contributed by atoms with Gasteiger partial charge in [0.15, 0.2) is 0 Å². The van der Waals surface area contributed by atoms with Gasteiger partial charge in [-0.15, -0.1) is 11.8 Å². The zero-order valence-electron chi connectivity index (χ0n) is 12.8. The molecule has 2 rings (SSSR count). The lowest BCUT2D eigenvalue weighted by atomic mass is 10.1. The van der Waals surface area contributed by atoms with Crippen LogP contribution >= 0.6 is 23.4 Å². The van der Waals surface area contributed by atoms with Gasteiger partial charge < -0.3 is 10.1 Å². The minimum Gasteiger partial charge on any atom is -0.492 e. The first-order chi connectivity index (χ1) is 11.5. The van der Waals surface area contributed by atoms with Crippen LogP contribution in [0.15, 0.2) is 47.4 Å². The summed E-state index contributed by atoms with van der Waals surface area (Å²) in [5.74, 6) is 0.126. The predicted molar refractivity (Wildman–Crippen MR) is 94.2 cm³/mol. The summed E-state index contributed by atoms with van der Waals surface area (Å²) in [7, 11) is 0. The van der Waals surface area contributed by atoms with Gasteiger partial charge in [-0.2, -0.15) is 0 Å². The van der Waals surface area contributed by atoms with E-state index in [9.17, 15) is 14.9 Å². The monoisotopic (exact) mass is 366 g/mol. The maximum Gasteiger partial charge on any atom is 0.282 e. The number of thioether (sulfide) groups is 1. The van der Waals surface area contributed by atoms with Gasteiger partial charge in [0.25, 0.3) is 11.6 Å². The van der Waals surface area contributed by atoms with Crippen LogP contribution in [-0.2, 0) is 0 Å². The van der Waals surface area contributed by atoms with E-state index in [2.05, 4.69) is 5.32 Å². The highest BCUT2D eigenvalue weighted by Crippen LogP contribution is 2.24. The second-order valence-corrected chi connectivity index (χ2v) is 6.01. The summed E-state index contributed by atoms with van der Waals surface area (Å²) in [6.07, 6.45) is 1.84. The maximum atomic E-state index is 12.2. The van der Waals surface area contributed by atoms with Gasteiger partial charge in [0.1, 0.15) is 17.9 Å². The molecule has 0 bridgehead atoms. The van der Waals surface area contributed by atoms with Crippen LogP contribution in [0.2, 0.25) is 5.02 Å². The van der Waals surface area contributed by atoms with Gasteiger partial charge in [-0.1, -0.05) is 11.6 Å². The Balaban J connectivity index is 1.94. The Labute approximate surface area is 148 Å². The second kappa shape index (κ2) is 8.56. The Morgan fingerprint density at radius 2 is 2.00 bits per heavy atom. The molecule has 0 aliphatic rings. The Bertz CT molecular complexity index is 737. The first-order valence-electron chi connectivity index (χ1n) is 7.00. The lowest BCUT2D eigenvalue weighted by molar-refractivity contribution is -0.385. The fourth-order valence-corrected chi connectivity index (χ4v) is 2.51. The third-order valence-corrected chi connectivity index (χ3v) is 4.09. The Hall–Kier alpha value is -2.25. The number of benzene rings is 2. The molecule has 2 aromatic carbocycles. The smallest absolute Gasteiger partial charge is 0.282 e. The molecule has 0 atom stereocenters. The maximum absolute atomic E-state index is 12.2. The normalized spacial score (nSPS) is 10.2. The molecule has 0 fully saturated rings. The van der Waals surface area contributed by atoms with Crippen LogP contribution < -0.4 is 10.1 Å². The summed E-state index contributed by atoms with van der Waals surface area (Å²) in [5, 5.41) is 14.3. The van der Waals surface area contributed by atoms with E-state index in [1.165, 1.54) is 23.9 Å². The Kier molecular flexibility index (Phi) is 6.45. The average Bonchev–Trinajstić information content (AvgIpc) is 2.59. The van der Waals surface area contributed by atoms with E-state index in [1.54, 1.807) is 30.3 Å². The van der Waals surface area contributed by atoms with Gasteiger partial charge in [-0.25, -0.2) is 0 Å². The highest BCUT2D eigenvalue weighted by molar-refractivity contribution is 7.98. The SMILES string of the molecule is CSc1ccc([N+](=O)[O-])c(C(=O)NCCOc2ccc(Cl)cc2)c1. The van der Waals surface area contributed by atoms with Crippen molar-refractivity contribution in [3.05, 3.63) is 63.2 Å². The van der Waals surface area contributed by atoms with Crippen LogP contribution in [0, 0.1) is 10.1 Å². The molecule has 6 nitrogen and oxygen atoms in total. The second-order valence-electron chi connectivity index (χ2n) is 4.70. The van der Waals surface area contributed by atoms with Crippen LogP contribution in [0.5, 0.6) is 5.75 Å². The van der Waals surface area contributed by atoms with E-state index in [1.807, 2.05) is 6.26 Å². The molecule has 1 amide bonds. The van der Waals surface area contributed by atoms with Crippen LogP contribution in [0.3, 0.4) is 0 Å². The number of nitrogens with zero attached hydrogens (tertiary/aromatic N) is 1. The number of hydrogen-bond donors (Lipinski definition) is 1. The van der Waals surface area contributed by atoms with Gasteiger partial charge in [0.05, 0.1) is 11.5 Å². The molecule has 0 heterocycles. The molecule has 0 spiro atoms. The molecule has 0 radical (unpaired) electrons. The van der Waals surface area contributed by atoms with Gasteiger partial charge in [-0.3, -0.25) is 14.9 Å². The van der Waals surface area contributed by atoms with Crippen LogP contribution in [0.1, 0.15) is 10.4 Å².